The zero-order valence-electron chi connectivity index (χ0n) is 11.6. The van der Waals surface area contributed by atoms with E-state index in [2.05, 4.69) is 24.7 Å². The maximum Gasteiger partial charge on any atom is 0.339 e. The molecule has 0 atom stereocenters. The van der Waals surface area contributed by atoms with Crippen LogP contribution in [-0.2, 0) is 17.9 Å². The number of carbonyl (C=O) groups is 1. The first-order valence-corrected chi connectivity index (χ1v) is 9.91. The molecule has 0 bridgehead atoms. The molecule has 0 radical (unpaired) electrons. The highest BCUT2D eigenvalue weighted by atomic mass is 28.3. The van der Waals surface area contributed by atoms with Crippen molar-refractivity contribution in [3.8, 4) is 0 Å². The topological polar surface area (TPSA) is 64.4 Å². The predicted molar refractivity (Wildman–Crippen MR) is 72.7 cm³/mol. The molecule has 0 saturated heterocycles. The number of aryl methyl sites for hydroxylation is 1. The van der Waals surface area contributed by atoms with Crippen LogP contribution in [0.15, 0.2) is 6.20 Å². The first-order chi connectivity index (χ1) is 8.33. The molecule has 18 heavy (non-hydrogen) atoms. The van der Waals surface area contributed by atoms with Crippen LogP contribution in [0.1, 0.15) is 23.0 Å². The normalized spacial score (nSPS) is 11.8. The number of nitrogens with zero attached hydrogens (tertiary/aromatic N) is 2. The van der Waals surface area contributed by atoms with Crippen LogP contribution in [0.25, 0.3) is 0 Å². The van der Waals surface area contributed by atoms with Gasteiger partial charge in [-0.3, -0.25) is 0 Å². The zero-order chi connectivity index (χ0) is 13.8. The van der Waals surface area contributed by atoms with Gasteiger partial charge in [0.1, 0.15) is 12.3 Å². The summed E-state index contributed by atoms with van der Waals surface area (Å²) in [5.74, 6) is -0.930. The Morgan fingerprint density at radius 1 is 1.50 bits per heavy atom. The maximum atomic E-state index is 11.0. The summed E-state index contributed by atoms with van der Waals surface area (Å²) in [5.41, 5.74) is 0.877. The van der Waals surface area contributed by atoms with E-state index >= 15 is 0 Å². The summed E-state index contributed by atoms with van der Waals surface area (Å²) >= 11 is 0. The van der Waals surface area contributed by atoms with Gasteiger partial charge in [0, 0.05) is 20.9 Å². The molecule has 6 heteroatoms. The summed E-state index contributed by atoms with van der Waals surface area (Å²) in [5, 5.41) is 13.2. The lowest BCUT2D eigenvalue weighted by atomic mass is 10.2. The van der Waals surface area contributed by atoms with Gasteiger partial charge in [-0.2, -0.15) is 5.10 Å². The molecule has 0 unspecified atom stereocenters. The third kappa shape index (κ3) is 4.62. The Morgan fingerprint density at radius 2 is 2.17 bits per heavy atom. The van der Waals surface area contributed by atoms with Crippen LogP contribution in [0.4, 0.5) is 0 Å². The summed E-state index contributed by atoms with van der Waals surface area (Å²) in [4.78, 5) is 11.0. The average molecular weight is 270 g/mol. The second-order valence-electron chi connectivity index (χ2n) is 5.54. The molecule has 1 aromatic rings. The van der Waals surface area contributed by atoms with Crippen molar-refractivity contribution in [1.29, 1.82) is 0 Å². The second-order valence-corrected chi connectivity index (χ2v) is 11.2. The number of carboxylic acids is 1. The fourth-order valence-corrected chi connectivity index (χ4v) is 2.26. The zero-order valence-corrected chi connectivity index (χ0v) is 12.6. The van der Waals surface area contributed by atoms with Crippen LogP contribution in [-0.4, -0.2) is 35.5 Å². The number of aromatic carboxylic acids is 1. The van der Waals surface area contributed by atoms with Crippen LogP contribution in [0.5, 0.6) is 0 Å². The molecule has 1 N–H and O–H groups in total. The molecule has 1 rings (SSSR count). The van der Waals surface area contributed by atoms with Crippen molar-refractivity contribution in [3.05, 3.63) is 17.5 Å². The second kappa shape index (κ2) is 6.15. The molecule has 0 spiro atoms. The molecule has 1 aromatic heterocycles. The molecular formula is C12H22N2O3Si. The van der Waals surface area contributed by atoms with Gasteiger partial charge < -0.3 is 9.84 Å². The lowest BCUT2D eigenvalue weighted by Crippen LogP contribution is -2.22. The van der Waals surface area contributed by atoms with Gasteiger partial charge in [0.15, 0.2) is 0 Å². The molecule has 0 amide bonds. The van der Waals surface area contributed by atoms with Gasteiger partial charge in [-0.25, -0.2) is 9.48 Å². The number of ether oxygens (including phenoxy) is 1. The molecule has 102 valence electrons. The summed E-state index contributed by atoms with van der Waals surface area (Å²) in [6.45, 7) is 9.81. The number of rotatable bonds is 7. The van der Waals surface area contributed by atoms with E-state index < -0.39 is 14.0 Å². The lowest BCUT2D eigenvalue weighted by molar-refractivity contribution is 0.0692. The van der Waals surface area contributed by atoms with E-state index in [-0.39, 0.29) is 5.56 Å². The minimum absolute atomic E-state index is 0.270. The van der Waals surface area contributed by atoms with Crippen LogP contribution in [0.3, 0.4) is 0 Å². The Kier molecular flexibility index (Phi) is 5.10. The van der Waals surface area contributed by atoms with Crippen molar-refractivity contribution in [2.45, 2.75) is 45.8 Å². The van der Waals surface area contributed by atoms with Crippen molar-refractivity contribution in [3.63, 3.8) is 0 Å². The summed E-state index contributed by atoms with van der Waals surface area (Å²) in [6, 6.07) is 1.10. The number of hydrogen-bond acceptors (Lipinski definition) is 3. The average Bonchev–Trinajstić information content (AvgIpc) is 2.66. The summed E-state index contributed by atoms with van der Waals surface area (Å²) in [6.07, 6.45) is 2.15. The lowest BCUT2D eigenvalue weighted by Gasteiger charge is -2.15. The predicted octanol–water partition coefficient (Wildman–Crippen LogP) is 2.46. The van der Waals surface area contributed by atoms with E-state index in [1.165, 1.54) is 6.20 Å². The van der Waals surface area contributed by atoms with Gasteiger partial charge >= 0.3 is 5.97 Å². The summed E-state index contributed by atoms with van der Waals surface area (Å²) in [7, 11) is -1.07. The molecule has 0 aliphatic heterocycles. The Hall–Kier alpha value is -1.14. The standard InChI is InChI=1S/C12H22N2O3Si/c1-5-11-10(12(15)16)8-14(13-11)9-17-6-7-18(2,3)4/h8H,5-7,9H2,1-4H3,(H,15,16). The molecule has 0 fully saturated rings. The van der Waals surface area contributed by atoms with Gasteiger partial charge in [-0.1, -0.05) is 26.6 Å². The smallest absolute Gasteiger partial charge is 0.339 e. The van der Waals surface area contributed by atoms with Gasteiger partial charge in [0.2, 0.25) is 0 Å². The van der Waals surface area contributed by atoms with E-state index in [1.54, 1.807) is 4.68 Å². The number of aromatic nitrogens is 2. The minimum Gasteiger partial charge on any atom is -0.478 e. The quantitative estimate of drug-likeness (QED) is 0.610. The number of carboxylic acid groups (broad SMARTS) is 1. The van der Waals surface area contributed by atoms with E-state index in [1.807, 2.05) is 6.92 Å². The van der Waals surface area contributed by atoms with E-state index in [9.17, 15) is 4.79 Å². The van der Waals surface area contributed by atoms with Crippen molar-refractivity contribution in [2.75, 3.05) is 6.61 Å². The molecule has 0 aliphatic rings. The fourth-order valence-electron chi connectivity index (χ4n) is 1.50. The SMILES string of the molecule is CCc1nn(COCC[Si](C)(C)C)cc1C(=O)O. The Balaban J connectivity index is 2.51. The van der Waals surface area contributed by atoms with Crippen molar-refractivity contribution >= 4 is 14.0 Å². The first-order valence-electron chi connectivity index (χ1n) is 6.21. The van der Waals surface area contributed by atoms with Crippen molar-refractivity contribution in [2.24, 2.45) is 0 Å². The van der Waals surface area contributed by atoms with Crippen molar-refractivity contribution in [1.82, 2.24) is 9.78 Å². The monoisotopic (exact) mass is 270 g/mol. The van der Waals surface area contributed by atoms with Gasteiger partial charge in [0.05, 0.1) is 5.69 Å². The summed E-state index contributed by atoms with van der Waals surface area (Å²) < 4.78 is 7.09. The molecular weight excluding hydrogens is 248 g/mol. The molecule has 0 aromatic carbocycles. The third-order valence-corrected chi connectivity index (χ3v) is 4.33. The highest BCUT2D eigenvalue weighted by Gasteiger charge is 2.14. The van der Waals surface area contributed by atoms with Crippen molar-refractivity contribution < 1.29 is 14.6 Å². The highest BCUT2D eigenvalue weighted by molar-refractivity contribution is 6.76. The number of hydrogen-bond donors (Lipinski definition) is 1. The first kappa shape index (κ1) is 14.9. The van der Waals surface area contributed by atoms with Crippen LogP contribution in [0, 0.1) is 0 Å². The van der Waals surface area contributed by atoms with E-state index in [0.29, 0.717) is 25.5 Å². The van der Waals surface area contributed by atoms with Gasteiger partial charge in [-0.05, 0) is 12.5 Å². The van der Waals surface area contributed by atoms with Gasteiger partial charge in [-0.15, -0.1) is 0 Å². The Bertz CT molecular complexity index is 410. The maximum absolute atomic E-state index is 11.0. The van der Waals surface area contributed by atoms with Crippen LogP contribution in [0.2, 0.25) is 25.7 Å². The Labute approximate surface area is 109 Å². The largest absolute Gasteiger partial charge is 0.478 e. The van der Waals surface area contributed by atoms with Crippen LogP contribution < -0.4 is 0 Å². The minimum atomic E-state index is -1.07. The van der Waals surface area contributed by atoms with E-state index in [0.717, 1.165) is 6.04 Å². The third-order valence-electron chi connectivity index (χ3n) is 2.62. The molecule has 0 saturated carbocycles. The molecule has 5 nitrogen and oxygen atoms in total. The van der Waals surface area contributed by atoms with E-state index in [4.69, 9.17) is 9.84 Å². The Morgan fingerprint density at radius 3 is 2.61 bits per heavy atom. The van der Waals surface area contributed by atoms with Crippen LogP contribution >= 0.6 is 0 Å². The molecule has 1 heterocycles. The highest BCUT2D eigenvalue weighted by Crippen LogP contribution is 2.10. The molecule has 0 aliphatic carbocycles. The van der Waals surface area contributed by atoms with Gasteiger partial charge in [0.25, 0.3) is 0 Å². The fraction of sp³-hybridized carbons (Fsp3) is 0.667.